The molecule has 0 aliphatic rings. The molecule has 0 aromatic rings. The molecule has 0 amide bonds. The van der Waals surface area contributed by atoms with Crippen LogP contribution >= 0.6 is 7.60 Å². The van der Waals surface area contributed by atoms with Crippen LogP contribution in [-0.2, 0) is 18.3 Å². The standard InChI is InChI=1S/C9H22NO4P/c1-4-13-15(11,14-5-2)9-10-7-6-8-12-3/h10H,4-9H2,1-3H3. The highest BCUT2D eigenvalue weighted by Crippen LogP contribution is 2.46. The van der Waals surface area contributed by atoms with Gasteiger partial charge in [-0.3, -0.25) is 4.57 Å². The minimum absolute atomic E-state index is 0.262. The first-order chi connectivity index (χ1) is 7.18. The van der Waals surface area contributed by atoms with Crippen LogP contribution in [0.4, 0.5) is 0 Å². The molecule has 0 aromatic heterocycles. The van der Waals surface area contributed by atoms with Gasteiger partial charge in [0.15, 0.2) is 0 Å². The molecule has 0 aromatic carbocycles. The van der Waals surface area contributed by atoms with E-state index in [0.717, 1.165) is 13.0 Å². The Kier molecular flexibility index (Phi) is 9.35. The van der Waals surface area contributed by atoms with E-state index in [1.807, 2.05) is 0 Å². The lowest BCUT2D eigenvalue weighted by Gasteiger charge is -2.17. The molecule has 0 radical (unpaired) electrons. The zero-order valence-corrected chi connectivity index (χ0v) is 10.7. The number of rotatable bonds is 10. The smallest absolute Gasteiger partial charge is 0.344 e. The van der Waals surface area contributed by atoms with Gasteiger partial charge in [0, 0.05) is 13.7 Å². The van der Waals surface area contributed by atoms with Crippen molar-refractivity contribution in [3.8, 4) is 0 Å². The van der Waals surface area contributed by atoms with Crippen LogP contribution in [0.2, 0.25) is 0 Å². The lowest BCUT2D eigenvalue weighted by atomic mass is 10.5. The van der Waals surface area contributed by atoms with Crippen LogP contribution in [0.25, 0.3) is 0 Å². The summed E-state index contributed by atoms with van der Waals surface area (Å²) in [6.45, 7) is 5.85. The van der Waals surface area contributed by atoms with Crippen molar-refractivity contribution in [2.45, 2.75) is 20.3 Å². The Hall–Kier alpha value is 0.0700. The Morgan fingerprint density at radius 3 is 2.27 bits per heavy atom. The summed E-state index contributed by atoms with van der Waals surface area (Å²) in [7, 11) is -1.26. The zero-order chi connectivity index (χ0) is 11.6. The van der Waals surface area contributed by atoms with Crippen LogP contribution in [0.15, 0.2) is 0 Å². The molecule has 0 fully saturated rings. The van der Waals surface area contributed by atoms with Gasteiger partial charge >= 0.3 is 7.60 Å². The summed E-state index contributed by atoms with van der Waals surface area (Å²) in [6.07, 6.45) is 1.15. The fourth-order valence-corrected chi connectivity index (χ4v) is 2.56. The van der Waals surface area contributed by atoms with E-state index in [4.69, 9.17) is 13.8 Å². The average molecular weight is 239 g/mol. The molecule has 0 atom stereocenters. The minimum atomic E-state index is -2.92. The molecule has 0 saturated carbocycles. The molecule has 5 nitrogen and oxygen atoms in total. The number of ether oxygens (including phenoxy) is 1. The van der Waals surface area contributed by atoms with Crippen molar-refractivity contribution >= 4 is 7.60 Å². The molecule has 92 valence electrons. The second-order valence-electron chi connectivity index (χ2n) is 2.95. The summed E-state index contributed by atoms with van der Waals surface area (Å²) >= 11 is 0. The summed E-state index contributed by atoms with van der Waals surface area (Å²) in [5.41, 5.74) is 0. The van der Waals surface area contributed by atoms with E-state index >= 15 is 0 Å². The third-order valence-electron chi connectivity index (χ3n) is 1.66. The number of nitrogens with one attached hydrogen (secondary N) is 1. The van der Waals surface area contributed by atoms with Crippen LogP contribution in [-0.4, -0.2) is 39.8 Å². The molecule has 1 N–H and O–H groups in total. The average Bonchev–Trinajstić information content (AvgIpc) is 2.18. The van der Waals surface area contributed by atoms with Crippen molar-refractivity contribution in [1.82, 2.24) is 5.32 Å². The molecule has 0 bridgehead atoms. The van der Waals surface area contributed by atoms with Gasteiger partial charge in [-0.25, -0.2) is 0 Å². The molecule has 0 heterocycles. The Morgan fingerprint density at radius 1 is 1.20 bits per heavy atom. The van der Waals surface area contributed by atoms with Crippen LogP contribution in [0.3, 0.4) is 0 Å². The van der Waals surface area contributed by atoms with Gasteiger partial charge in [-0.2, -0.15) is 0 Å². The highest BCUT2D eigenvalue weighted by atomic mass is 31.2. The van der Waals surface area contributed by atoms with Crippen molar-refractivity contribution < 1.29 is 18.3 Å². The fourth-order valence-electron chi connectivity index (χ4n) is 1.08. The number of hydrogen-bond acceptors (Lipinski definition) is 5. The van der Waals surface area contributed by atoms with Gasteiger partial charge in [0.1, 0.15) is 0 Å². The summed E-state index contributed by atoms with van der Waals surface area (Å²) in [5, 5.41) is 3.04. The normalized spacial score (nSPS) is 11.9. The Bertz CT molecular complexity index is 179. The van der Waals surface area contributed by atoms with Crippen molar-refractivity contribution in [2.24, 2.45) is 0 Å². The van der Waals surface area contributed by atoms with E-state index < -0.39 is 7.60 Å². The van der Waals surface area contributed by atoms with Crippen LogP contribution < -0.4 is 5.32 Å². The van der Waals surface area contributed by atoms with Gasteiger partial charge in [0.05, 0.1) is 19.5 Å². The molecule has 15 heavy (non-hydrogen) atoms. The summed E-state index contributed by atoms with van der Waals surface area (Å²) < 4.78 is 27.0. The highest BCUT2D eigenvalue weighted by molar-refractivity contribution is 7.53. The van der Waals surface area contributed by atoms with Crippen molar-refractivity contribution in [2.75, 3.05) is 39.8 Å². The second-order valence-corrected chi connectivity index (χ2v) is 5.01. The molecule has 0 unspecified atom stereocenters. The lowest BCUT2D eigenvalue weighted by molar-refractivity contribution is 0.193. The molecule has 0 aliphatic heterocycles. The maximum atomic E-state index is 11.9. The van der Waals surface area contributed by atoms with E-state index in [1.165, 1.54) is 0 Å². The van der Waals surface area contributed by atoms with Gasteiger partial charge in [-0.15, -0.1) is 0 Å². The first-order valence-corrected chi connectivity index (χ1v) is 6.99. The number of hydrogen-bond donors (Lipinski definition) is 1. The monoisotopic (exact) mass is 239 g/mol. The quantitative estimate of drug-likeness (QED) is 0.465. The number of methoxy groups -OCH3 is 1. The molecule has 0 saturated heterocycles. The van der Waals surface area contributed by atoms with E-state index in [1.54, 1.807) is 21.0 Å². The predicted octanol–water partition coefficient (Wildman–Crippen LogP) is 1.84. The second kappa shape index (κ2) is 9.31. The molecule has 6 heteroatoms. The SMILES string of the molecule is CCOP(=O)(CNCCCOC)OCC. The van der Waals surface area contributed by atoms with Crippen molar-refractivity contribution in [3.05, 3.63) is 0 Å². The van der Waals surface area contributed by atoms with Crippen LogP contribution in [0, 0.1) is 0 Å². The van der Waals surface area contributed by atoms with E-state index in [9.17, 15) is 4.57 Å². The topological polar surface area (TPSA) is 56.8 Å². The van der Waals surface area contributed by atoms with Crippen molar-refractivity contribution in [3.63, 3.8) is 0 Å². The molecule has 0 rings (SSSR count). The Labute approximate surface area is 92.0 Å². The van der Waals surface area contributed by atoms with Gasteiger partial charge in [0.2, 0.25) is 0 Å². The maximum Gasteiger partial charge on any atom is 0.344 e. The maximum absolute atomic E-state index is 11.9. The first kappa shape index (κ1) is 15.1. The molecule has 0 aliphatic carbocycles. The van der Waals surface area contributed by atoms with Crippen molar-refractivity contribution in [1.29, 1.82) is 0 Å². The lowest BCUT2D eigenvalue weighted by Crippen LogP contribution is -2.20. The molecule has 0 spiro atoms. The molecular formula is C9H22NO4P. The predicted molar refractivity (Wildman–Crippen MR) is 60.2 cm³/mol. The van der Waals surface area contributed by atoms with Gasteiger partial charge in [-0.05, 0) is 26.8 Å². The van der Waals surface area contributed by atoms with Gasteiger partial charge in [-0.1, -0.05) is 0 Å². The van der Waals surface area contributed by atoms with E-state index in [-0.39, 0.29) is 6.29 Å². The Balaban J connectivity index is 3.71. The molecular weight excluding hydrogens is 217 g/mol. The first-order valence-electron chi connectivity index (χ1n) is 5.26. The van der Waals surface area contributed by atoms with Crippen LogP contribution in [0.5, 0.6) is 0 Å². The van der Waals surface area contributed by atoms with E-state index in [2.05, 4.69) is 5.32 Å². The van der Waals surface area contributed by atoms with Crippen LogP contribution in [0.1, 0.15) is 20.3 Å². The third kappa shape index (κ3) is 7.94. The summed E-state index contributed by atoms with van der Waals surface area (Å²) in [4.78, 5) is 0. The Morgan fingerprint density at radius 2 is 1.80 bits per heavy atom. The third-order valence-corrected chi connectivity index (χ3v) is 3.57. The summed E-state index contributed by atoms with van der Waals surface area (Å²) in [6, 6.07) is 0. The van der Waals surface area contributed by atoms with Gasteiger partial charge < -0.3 is 19.1 Å². The highest BCUT2D eigenvalue weighted by Gasteiger charge is 2.22. The largest absolute Gasteiger partial charge is 0.385 e. The zero-order valence-electron chi connectivity index (χ0n) is 9.82. The van der Waals surface area contributed by atoms with Gasteiger partial charge in [0.25, 0.3) is 0 Å². The minimum Gasteiger partial charge on any atom is -0.385 e. The fraction of sp³-hybridized carbons (Fsp3) is 1.00. The van der Waals surface area contributed by atoms with E-state index in [0.29, 0.717) is 19.8 Å². The summed E-state index contributed by atoms with van der Waals surface area (Å²) in [5.74, 6) is 0.